The Balaban J connectivity index is 2.45. The highest BCUT2D eigenvalue weighted by Crippen LogP contribution is 2.31. The number of nitro benzene ring substituents is 1. The number of aliphatic carboxylic acids is 1. The predicted molar refractivity (Wildman–Crippen MR) is 78.4 cm³/mol. The predicted octanol–water partition coefficient (Wildman–Crippen LogP) is 2.58. The fraction of sp³-hybridized carbons (Fsp3) is 0.286. The highest BCUT2D eigenvalue weighted by molar-refractivity contribution is 5.99. The van der Waals surface area contributed by atoms with Gasteiger partial charge in [0.1, 0.15) is 0 Å². The van der Waals surface area contributed by atoms with Crippen LogP contribution in [-0.2, 0) is 4.79 Å². The first-order chi connectivity index (χ1) is 9.90. The van der Waals surface area contributed by atoms with Crippen molar-refractivity contribution in [2.75, 3.05) is 11.9 Å². The molecule has 7 heteroatoms. The molecule has 1 aromatic heterocycles. The molecule has 2 aromatic rings. The van der Waals surface area contributed by atoms with E-state index in [1.54, 1.807) is 26.0 Å². The Hall–Kier alpha value is -2.70. The van der Waals surface area contributed by atoms with Gasteiger partial charge in [-0.2, -0.15) is 0 Å². The quantitative estimate of drug-likeness (QED) is 0.647. The summed E-state index contributed by atoms with van der Waals surface area (Å²) < 4.78 is 0. The summed E-state index contributed by atoms with van der Waals surface area (Å²) in [6, 6.07) is 4.73. The number of carboxylic acid groups (broad SMARTS) is 1. The van der Waals surface area contributed by atoms with Crippen LogP contribution in [0.25, 0.3) is 10.8 Å². The van der Waals surface area contributed by atoms with Crippen molar-refractivity contribution in [3.8, 4) is 0 Å². The van der Waals surface area contributed by atoms with Gasteiger partial charge in [0, 0.05) is 35.6 Å². The molecule has 2 N–H and O–H groups in total. The molecule has 0 amide bonds. The molecule has 0 spiro atoms. The van der Waals surface area contributed by atoms with Crippen LogP contribution in [0.15, 0.2) is 24.4 Å². The topological polar surface area (TPSA) is 105 Å². The van der Waals surface area contributed by atoms with Crippen LogP contribution in [-0.4, -0.2) is 27.5 Å². The zero-order valence-electron chi connectivity index (χ0n) is 11.7. The largest absolute Gasteiger partial charge is 0.481 e. The summed E-state index contributed by atoms with van der Waals surface area (Å²) in [6.07, 6.45) is 1.47. The van der Waals surface area contributed by atoms with Crippen molar-refractivity contribution < 1.29 is 14.8 Å². The molecule has 1 atom stereocenters. The molecule has 0 aliphatic heterocycles. The Morgan fingerprint density at radius 1 is 1.48 bits per heavy atom. The second-order valence-electron chi connectivity index (χ2n) is 4.88. The molecule has 0 aliphatic carbocycles. The average Bonchev–Trinajstić information content (AvgIpc) is 2.43. The summed E-state index contributed by atoms with van der Waals surface area (Å²) >= 11 is 0. The van der Waals surface area contributed by atoms with Gasteiger partial charge in [-0.05, 0) is 19.1 Å². The summed E-state index contributed by atoms with van der Waals surface area (Å²) in [5.41, 5.74) is 1.38. The van der Waals surface area contributed by atoms with Crippen LogP contribution in [0, 0.1) is 23.0 Å². The lowest BCUT2D eigenvalue weighted by atomic mass is 10.1. The van der Waals surface area contributed by atoms with E-state index in [1.807, 2.05) is 0 Å². The highest BCUT2D eigenvalue weighted by atomic mass is 16.6. The Morgan fingerprint density at radius 3 is 2.81 bits per heavy atom. The maximum atomic E-state index is 11.0. The maximum Gasteiger partial charge on any atom is 0.308 e. The average molecular weight is 289 g/mol. The Morgan fingerprint density at radius 2 is 2.19 bits per heavy atom. The molecule has 0 aliphatic rings. The molecular formula is C14H15N3O4. The second-order valence-corrected chi connectivity index (χ2v) is 4.88. The Labute approximate surface area is 120 Å². The molecule has 7 nitrogen and oxygen atoms in total. The smallest absolute Gasteiger partial charge is 0.308 e. The van der Waals surface area contributed by atoms with Crippen molar-refractivity contribution in [1.82, 2.24) is 4.98 Å². The van der Waals surface area contributed by atoms with Crippen molar-refractivity contribution in [2.45, 2.75) is 13.8 Å². The Bertz CT molecular complexity index is 715. The summed E-state index contributed by atoms with van der Waals surface area (Å²) in [6.45, 7) is 3.63. The molecule has 1 heterocycles. The van der Waals surface area contributed by atoms with E-state index in [1.165, 1.54) is 12.3 Å². The van der Waals surface area contributed by atoms with E-state index in [4.69, 9.17) is 5.11 Å². The number of benzene rings is 1. The molecule has 2 rings (SSSR count). The van der Waals surface area contributed by atoms with Crippen molar-refractivity contribution in [3.63, 3.8) is 0 Å². The van der Waals surface area contributed by atoms with Crippen LogP contribution in [0.1, 0.15) is 12.6 Å². The number of aromatic nitrogens is 1. The summed E-state index contributed by atoms with van der Waals surface area (Å²) in [7, 11) is 0. The van der Waals surface area contributed by atoms with Gasteiger partial charge in [0.15, 0.2) is 0 Å². The zero-order chi connectivity index (χ0) is 15.6. The molecule has 110 valence electrons. The van der Waals surface area contributed by atoms with Gasteiger partial charge in [0.05, 0.1) is 16.2 Å². The molecule has 1 aromatic carbocycles. The maximum absolute atomic E-state index is 11.0. The van der Waals surface area contributed by atoms with Crippen LogP contribution in [0.5, 0.6) is 0 Å². The standard InChI is InChI=1S/C14H15N3O4/c1-8(14(18)19)6-16-12-3-4-13(17(20)21)11-7-15-9(2)5-10(11)12/h3-5,7-8,16H,6H2,1-2H3,(H,18,19). The minimum Gasteiger partial charge on any atom is -0.481 e. The third kappa shape index (κ3) is 3.07. The van der Waals surface area contributed by atoms with Crippen molar-refractivity contribution >= 4 is 28.1 Å². The van der Waals surface area contributed by atoms with Crippen LogP contribution >= 0.6 is 0 Å². The highest BCUT2D eigenvalue weighted by Gasteiger charge is 2.16. The number of pyridine rings is 1. The molecule has 21 heavy (non-hydrogen) atoms. The fourth-order valence-corrected chi connectivity index (χ4v) is 1.99. The number of non-ortho nitro benzene ring substituents is 1. The van der Waals surface area contributed by atoms with Gasteiger partial charge in [-0.15, -0.1) is 0 Å². The number of hydrogen-bond acceptors (Lipinski definition) is 5. The third-order valence-corrected chi connectivity index (χ3v) is 3.23. The Kier molecular flexibility index (Phi) is 4.02. The van der Waals surface area contributed by atoms with Crippen molar-refractivity contribution in [1.29, 1.82) is 0 Å². The van der Waals surface area contributed by atoms with Gasteiger partial charge in [-0.3, -0.25) is 19.9 Å². The van der Waals surface area contributed by atoms with E-state index in [9.17, 15) is 14.9 Å². The number of nitro groups is 1. The normalized spacial score (nSPS) is 12.1. The lowest BCUT2D eigenvalue weighted by molar-refractivity contribution is -0.383. The van der Waals surface area contributed by atoms with Gasteiger partial charge < -0.3 is 10.4 Å². The molecule has 0 radical (unpaired) electrons. The number of hydrogen-bond donors (Lipinski definition) is 2. The first-order valence-electron chi connectivity index (χ1n) is 6.40. The number of carboxylic acids is 1. The lowest BCUT2D eigenvalue weighted by Gasteiger charge is -2.12. The van der Waals surface area contributed by atoms with Gasteiger partial charge in [0.2, 0.25) is 0 Å². The van der Waals surface area contributed by atoms with E-state index in [0.717, 1.165) is 5.69 Å². The number of fused-ring (bicyclic) bond motifs is 1. The number of carbonyl (C=O) groups is 1. The number of rotatable bonds is 5. The summed E-state index contributed by atoms with van der Waals surface area (Å²) in [5.74, 6) is -1.45. The first-order valence-corrected chi connectivity index (χ1v) is 6.40. The first kappa shape index (κ1) is 14.7. The fourth-order valence-electron chi connectivity index (χ4n) is 1.99. The van der Waals surface area contributed by atoms with E-state index >= 15 is 0 Å². The number of nitrogens with zero attached hydrogens (tertiary/aromatic N) is 2. The molecular weight excluding hydrogens is 274 g/mol. The third-order valence-electron chi connectivity index (χ3n) is 3.23. The van der Waals surface area contributed by atoms with E-state index in [-0.39, 0.29) is 12.2 Å². The van der Waals surface area contributed by atoms with Gasteiger partial charge >= 0.3 is 5.97 Å². The number of aryl methyl sites for hydroxylation is 1. The van der Waals surface area contributed by atoms with E-state index in [2.05, 4.69) is 10.3 Å². The lowest BCUT2D eigenvalue weighted by Crippen LogP contribution is -2.19. The van der Waals surface area contributed by atoms with Crippen LogP contribution in [0.4, 0.5) is 11.4 Å². The van der Waals surface area contributed by atoms with Gasteiger partial charge in [0.25, 0.3) is 5.69 Å². The molecule has 1 unspecified atom stereocenters. The molecule has 0 bridgehead atoms. The van der Waals surface area contributed by atoms with Crippen LogP contribution < -0.4 is 5.32 Å². The van der Waals surface area contributed by atoms with Gasteiger partial charge in [-0.25, -0.2) is 0 Å². The number of nitrogens with one attached hydrogen (secondary N) is 1. The minimum atomic E-state index is -0.897. The monoisotopic (exact) mass is 289 g/mol. The van der Waals surface area contributed by atoms with Crippen molar-refractivity contribution in [2.24, 2.45) is 5.92 Å². The zero-order valence-corrected chi connectivity index (χ0v) is 11.7. The number of anilines is 1. The van der Waals surface area contributed by atoms with E-state index in [0.29, 0.717) is 16.5 Å². The molecule has 0 fully saturated rings. The van der Waals surface area contributed by atoms with E-state index < -0.39 is 16.8 Å². The van der Waals surface area contributed by atoms with Crippen LogP contribution in [0.3, 0.4) is 0 Å². The minimum absolute atomic E-state index is 0.0191. The van der Waals surface area contributed by atoms with Gasteiger partial charge in [-0.1, -0.05) is 6.92 Å². The van der Waals surface area contributed by atoms with Crippen LogP contribution in [0.2, 0.25) is 0 Å². The molecule has 0 saturated carbocycles. The van der Waals surface area contributed by atoms with Crippen molar-refractivity contribution in [3.05, 3.63) is 40.2 Å². The SMILES string of the molecule is Cc1cc2c(NCC(C)C(=O)O)ccc([N+](=O)[O-])c2cn1. The molecule has 0 saturated heterocycles. The second kappa shape index (κ2) is 5.74. The summed E-state index contributed by atoms with van der Waals surface area (Å²) in [5, 5.41) is 24.1. The summed E-state index contributed by atoms with van der Waals surface area (Å²) in [4.78, 5) is 25.5.